The van der Waals surface area contributed by atoms with Gasteiger partial charge in [0.2, 0.25) is 0 Å². The Morgan fingerprint density at radius 3 is 1.93 bits per heavy atom. The van der Waals surface area contributed by atoms with E-state index in [0.29, 0.717) is 23.1 Å². The number of hydrogen-bond acceptors (Lipinski definition) is 4. The van der Waals surface area contributed by atoms with Crippen molar-refractivity contribution in [2.75, 3.05) is 0 Å². The first kappa shape index (κ1) is 17.5. The van der Waals surface area contributed by atoms with Crippen LogP contribution in [0.25, 0.3) is 11.1 Å². The normalized spacial score (nSPS) is 13.1. The Kier molecular flexibility index (Phi) is 4.41. The molecule has 136 valence electrons. The van der Waals surface area contributed by atoms with Crippen LogP contribution >= 0.6 is 0 Å². The number of carbonyl (C=O) groups is 2. The summed E-state index contributed by atoms with van der Waals surface area (Å²) in [5.74, 6) is -0.262. The minimum atomic E-state index is -0.429. The van der Waals surface area contributed by atoms with Crippen LogP contribution in [0, 0.1) is 10.1 Å². The summed E-state index contributed by atoms with van der Waals surface area (Å²) in [5.41, 5.74) is 4.13. The van der Waals surface area contributed by atoms with E-state index in [4.69, 9.17) is 0 Å². The molecule has 0 N–H and O–H groups in total. The molecule has 4 rings (SSSR count). The van der Waals surface area contributed by atoms with E-state index in [1.807, 2.05) is 24.3 Å². The van der Waals surface area contributed by atoms with Gasteiger partial charge in [-0.1, -0.05) is 48.5 Å². The van der Waals surface area contributed by atoms with Gasteiger partial charge >= 0.3 is 0 Å². The number of carbonyl (C=O) groups excluding carboxylic acids is 2. The quantitative estimate of drug-likeness (QED) is 0.488. The molecule has 3 aromatic rings. The van der Waals surface area contributed by atoms with Crippen LogP contribution in [0.4, 0.5) is 5.69 Å². The van der Waals surface area contributed by atoms with Crippen molar-refractivity contribution in [3.05, 3.63) is 111 Å². The molecule has 5 nitrogen and oxygen atoms in total. The van der Waals surface area contributed by atoms with Crippen LogP contribution < -0.4 is 0 Å². The SMILES string of the molecule is O=C1C=C(Cc2ccc(-c3ccc([N+](=O)[O-])cc3)cc2)C(=O)c2ccccc21. The molecule has 0 aromatic heterocycles. The Morgan fingerprint density at radius 1 is 0.750 bits per heavy atom. The minimum absolute atomic E-state index is 0.0491. The van der Waals surface area contributed by atoms with Crippen LogP contribution in [0.1, 0.15) is 26.3 Å². The summed E-state index contributed by atoms with van der Waals surface area (Å²) in [4.78, 5) is 35.3. The standard InChI is InChI=1S/C23H15NO4/c25-22-14-18(23(26)21-4-2-1-3-20(21)22)13-15-5-7-16(8-6-15)17-9-11-19(12-10-17)24(27)28/h1-12,14H,13H2. The zero-order valence-electron chi connectivity index (χ0n) is 14.8. The summed E-state index contributed by atoms with van der Waals surface area (Å²) in [6, 6.07) is 20.8. The van der Waals surface area contributed by atoms with E-state index in [-0.39, 0.29) is 17.3 Å². The van der Waals surface area contributed by atoms with Crippen LogP contribution in [-0.4, -0.2) is 16.5 Å². The molecule has 0 atom stereocenters. The Bertz CT molecular complexity index is 1130. The number of fused-ring (bicyclic) bond motifs is 1. The van der Waals surface area contributed by atoms with Crippen molar-refractivity contribution >= 4 is 17.3 Å². The van der Waals surface area contributed by atoms with Gasteiger partial charge in [0.15, 0.2) is 11.6 Å². The second-order valence-electron chi connectivity index (χ2n) is 6.59. The van der Waals surface area contributed by atoms with E-state index in [1.165, 1.54) is 18.2 Å². The number of Topliss-reactive ketones (excluding diaryl/α,β-unsaturated/α-hetero) is 1. The number of nitrogens with zero attached hydrogens (tertiary/aromatic N) is 1. The number of allylic oxidation sites excluding steroid dienone is 2. The third-order valence-corrected chi connectivity index (χ3v) is 4.79. The van der Waals surface area contributed by atoms with Crippen LogP contribution in [0.15, 0.2) is 84.4 Å². The number of ketones is 2. The Hall–Kier alpha value is -3.86. The molecule has 0 bridgehead atoms. The van der Waals surface area contributed by atoms with Crippen molar-refractivity contribution in [2.24, 2.45) is 0 Å². The van der Waals surface area contributed by atoms with Gasteiger partial charge in [-0.2, -0.15) is 0 Å². The predicted octanol–water partition coefficient (Wildman–Crippen LogP) is 4.81. The van der Waals surface area contributed by atoms with Gasteiger partial charge in [0.05, 0.1) is 4.92 Å². The molecule has 0 fully saturated rings. The molecule has 0 saturated carbocycles. The summed E-state index contributed by atoms with van der Waals surface area (Å²) < 4.78 is 0. The van der Waals surface area contributed by atoms with Crippen molar-refractivity contribution < 1.29 is 14.5 Å². The third kappa shape index (κ3) is 3.25. The van der Waals surface area contributed by atoms with Crippen LogP contribution in [-0.2, 0) is 6.42 Å². The summed E-state index contributed by atoms with van der Waals surface area (Å²) in [6.07, 6.45) is 1.80. The summed E-state index contributed by atoms with van der Waals surface area (Å²) in [5, 5.41) is 10.8. The molecule has 1 aliphatic rings. The van der Waals surface area contributed by atoms with E-state index in [0.717, 1.165) is 16.7 Å². The van der Waals surface area contributed by atoms with Gasteiger partial charge in [-0.25, -0.2) is 0 Å². The summed E-state index contributed by atoms with van der Waals surface area (Å²) in [6.45, 7) is 0. The highest BCUT2D eigenvalue weighted by Crippen LogP contribution is 2.26. The number of non-ortho nitro benzene ring substituents is 1. The van der Waals surface area contributed by atoms with Crippen LogP contribution in [0.5, 0.6) is 0 Å². The smallest absolute Gasteiger partial charge is 0.269 e. The zero-order valence-corrected chi connectivity index (χ0v) is 14.8. The zero-order chi connectivity index (χ0) is 19.7. The second-order valence-corrected chi connectivity index (χ2v) is 6.59. The topological polar surface area (TPSA) is 77.3 Å². The minimum Gasteiger partial charge on any atom is -0.289 e. The average molecular weight is 369 g/mol. The molecule has 0 radical (unpaired) electrons. The number of nitro benzene ring substituents is 1. The second kappa shape index (κ2) is 7.04. The number of benzene rings is 3. The number of rotatable bonds is 4. The molecule has 0 heterocycles. The van der Waals surface area contributed by atoms with Crippen molar-refractivity contribution in [3.63, 3.8) is 0 Å². The molecule has 0 aliphatic heterocycles. The molecule has 1 aliphatic carbocycles. The first-order valence-electron chi connectivity index (χ1n) is 8.75. The maximum Gasteiger partial charge on any atom is 0.269 e. The van der Waals surface area contributed by atoms with E-state index >= 15 is 0 Å². The lowest BCUT2D eigenvalue weighted by Crippen LogP contribution is -2.18. The molecular weight excluding hydrogens is 354 g/mol. The van der Waals surface area contributed by atoms with Gasteiger partial charge < -0.3 is 0 Å². The summed E-state index contributed by atoms with van der Waals surface area (Å²) >= 11 is 0. The molecular formula is C23H15NO4. The van der Waals surface area contributed by atoms with Crippen molar-refractivity contribution in [1.29, 1.82) is 0 Å². The fraction of sp³-hybridized carbons (Fsp3) is 0.0435. The maximum atomic E-state index is 12.7. The first-order chi connectivity index (χ1) is 13.5. The molecule has 28 heavy (non-hydrogen) atoms. The van der Waals surface area contributed by atoms with E-state index in [9.17, 15) is 19.7 Å². The van der Waals surface area contributed by atoms with Crippen molar-refractivity contribution in [3.8, 4) is 11.1 Å². The third-order valence-electron chi connectivity index (χ3n) is 4.79. The van der Waals surface area contributed by atoms with Gasteiger partial charge in [0.25, 0.3) is 5.69 Å². The Balaban J connectivity index is 1.55. The molecule has 0 spiro atoms. The summed E-state index contributed by atoms with van der Waals surface area (Å²) in [7, 11) is 0. The van der Waals surface area contributed by atoms with Gasteiger partial charge in [-0.05, 0) is 34.9 Å². The molecule has 0 saturated heterocycles. The van der Waals surface area contributed by atoms with Gasteiger partial charge in [-0.15, -0.1) is 0 Å². The van der Waals surface area contributed by atoms with Crippen molar-refractivity contribution in [2.45, 2.75) is 6.42 Å². The largest absolute Gasteiger partial charge is 0.289 e. The molecule has 0 amide bonds. The highest BCUT2D eigenvalue weighted by atomic mass is 16.6. The van der Waals surface area contributed by atoms with Crippen molar-refractivity contribution in [1.82, 2.24) is 0 Å². The number of nitro groups is 1. The monoisotopic (exact) mass is 369 g/mol. The van der Waals surface area contributed by atoms with E-state index in [2.05, 4.69) is 0 Å². The highest BCUT2D eigenvalue weighted by Gasteiger charge is 2.24. The molecule has 0 unspecified atom stereocenters. The van der Waals surface area contributed by atoms with E-state index in [1.54, 1.807) is 36.4 Å². The molecule has 5 heteroatoms. The number of hydrogen-bond donors (Lipinski definition) is 0. The van der Waals surface area contributed by atoms with E-state index < -0.39 is 4.92 Å². The van der Waals surface area contributed by atoms with Gasteiger partial charge in [-0.3, -0.25) is 19.7 Å². The van der Waals surface area contributed by atoms with Crippen LogP contribution in [0.2, 0.25) is 0 Å². The first-order valence-corrected chi connectivity index (χ1v) is 8.75. The lowest BCUT2D eigenvalue weighted by Gasteiger charge is -2.15. The van der Waals surface area contributed by atoms with Gasteiger partial charge in [0.1, 0.15) is 0 Å². The maximum absolute atomic E-state index is 12.7. The Morgan fingerprint density at radius 2 is 1.32 bits per heavy atom. The lowest BCUT2D eigenvalue weighted by atomic mass is 9.86. The fourth-order valence-corrected chi connectivity index (χ4v) is 3.31. The van der Waals surface area contributed by atoms with Gasteiger partial charge in [0, 0.05) is 35.3 Å². The fourth-order valence-electron chi connectivity index (χ4n) is 3.31. The highest BCUT2D eigenvalue weighted by molar-refractivity contribution is 6.24. The molecule has 3 aromatic carbocycles. The van der Waals surface area contributed by atoms with Crippen LogP contribution in [0.3, 0.4) is 0 Å². The Labute approximate surface area is 161 Å². The lowest BCUT2D eigenvalue weighted by molar-refractivity contribution is -0.384. The predicted molar refractivity (Wildman–Crippen MR) is 105 cm³/mol. The average Bonchev–Trinajstić information content (AvgIpc) is 2.72.